The normalized spacial score (nSPS) is 12.5. The molecule has 0 radical (unpaired) electrons. The summed E-state index contributed by atoms with van der Waals surface area (Å²) in [6, 6.07) is 13.7. The zero-order chi connectivity index (χ0) is 19.8. The molecule has 0 N–H and O–H groups in total. The van der Waals surface area contributed by atoms with E-state index in [9.17, 15) is 4.79 Å². The van der Waals surface area contributed by atoms with Crippen molar-refractivity contribution in [1.29, 1.82) is 0 Å². The predicted octanol–water partition coefficient (Wildman–Crippen LogP) is 4.84. The van der Waals surface area contributed by atoms with Crippen LogP contribution in [0.4, 0.5) is 0 Å². The largest absolute Gasteiger partial charge is 0.634 e. The summed E-state index contributed by atoms with van der Waals surface area (Å²) in [4.78, 5) is 12.7. The summed E-state index contributed by atoms with van der Waals surface area (Å²) in [7, 11) is 0. The Bertz CT molecular complexity index is 1020. The van der Waals surface area contributed by atoms with E-state index >= 15 is 0 Å². The molecule has 0 saturated carbocycles. The fourth-order valence-corrected chi connectivity index (χ4v) is 3.09. The van der Waals surface area contributed by atoms with Crippen LogP contribution in [0.1, 0.15) is 65.5 Å². The van der Waals surface area contributed by atoms with Gasteiger partial charge in [0.1, 0.15) is 0 Å². The van der Waals surface area contributed by atoms with E-state index in [1.807, 2.05) is 30.3 Å². The Morgan fingerprint density at radius 2 is 1.59 bits per heavy atom. The Hall–Kier alpha value is -2.49. The van der Waals surface area contributed by atoms with Crippen molar-refractivity contribution in [2.45, 2.75) is 65.2 Å². The van der Waals surface area contributed by atoms with E-state index in [0.29, 0.717) is 16.8 Å². The predicted molar refractivity (Wildman–Crippen MR) is 108 cm³/mol. The first kappa shape index (κ1) is 19.3. The number of benzene rings is 2. The minimum Gasteiger partial charge on any atom is -0.367 e. The summed E-state index contributed by atoms with van der Waals surface area (Å²) < 4.78 is 7.15. The highest BCUT2D eigenvalue weighted by Crippen LogP contribution is 2.36. The molecule has 4 heteroatoms. The van der Waals surface area contributed by atoms with Crippen molar-refractivity contribution < 1.29 is 9.10 Å². The molecular formula is C23H29N2O2+. The van der Waals surface area contributed by atoms with E-state index in [0.717, 1.165) is 18.4 Å². The molecule has 2 aromatic carbocycles. The van der Waals surface area contributed by atoms with E-state index in [4.69, 9.17) is 4.42 Å². The number of hydrogen-bond donors (Lipinski definition) is 0. The van der Waals surface area contributed by atoms with Crippen LogP contribution >= 0.6 is 0 Å². The lowest BCUT2D eigenvalue weighted by atomic mass is 9.76. The number of aromatic nitrogens is 2. The lowest BCUT2D eigenvalue weighted by molar-refractivity contribution is -0.683. The Morgan fingerprint density at radius 1 is 0.963 bits per heavy atom. The van der Waals surface area contributed by atoms with Gasteiger partial charge in [0.05, 0.1) is 0 Å². The van der Waals surface area contributed by atoms with Gasteiger partial charge in [0, 0.05) is 27.5 Å². The fourth-order valence-electron chi connectivity index (χ4n) is 3.09. The lowest BCUT2D eigenvalue weighted by Gasteiger charge is -2.28. The Balaban J connectivity index is 2.37. The van der Waals surface area contributed by atoms with Gasteiger partial charge in [-0.15, -0.1) is 0 Å². The molecule has 0 aliphatic rings. The van der Waals surface area contributed by atoms with Crippen LogP contribution in [0.15, 0.2) is 51.7 Å². The molecule has 0 fully saturated rings. The van der Waals surface area contributed by atoms with E-state index in [2.05, 4.69) is 58.8 Å². The minimum absolute atomic E-state index is 0.0160. The van der Waals surface area contributed by atoms with Crippen molar-refractivity contribution in [3.8, 4) is 5.69 Å². The van der Waals surface area contributed by atoms with Crippen molar-refractivity contribution in [3.63, 3.8) is 0 Å². The third-order valence-corrected chi connectivity index (χ3v) is 5.92. The molecule has 3 rings (SSSR count). The number of nitrogens with zero attached hydrogens (tertiary/aromatic N) is 2. The quantitative estimate of drug-likeness (QED) is 0.608. The second kappa shape index (κ2) is 6.91. The molecular weight excluding hydrogens is 336 g/mol. The summed E-state index contributed by atoms with van der Waals surface area (Å²) in [5.74, 6) is -0.468. The summed E-state index contributed by atoms with van der Waals surface area (Å²) in [6.45, 7) is 13.2. The maximum Gasteiger partial charge on any atom is 0.634 e. The zero-order valence-electron chi connectivity index (χ0n) is 17.2. The van der Waals surface area contributed by atoms with Gasteiger partial charge in [0.15, 0.2) is 11.1 Å². The minimum atomic E-state index is -0.468. The third-order valence-electron chi connectivity index (χ3n) is 5.92. The monoisotopic (exact) mass is 365 g/mol. The van der Waals surface area contributed by atoms with Crippen LogP contribution in [0.3, 0.4) is 0 Å². The van der Waals surface area contributed by atoms with Gasteiger partial charge in [0.2, 0.25) is 5.69 Å². The van der Waals surface area contributed by atoms with Crippen LogP contribution in [0, 0.1) is 0 Å². The topological polar surface area (TPSA) is 47.0 Å². The third kappa shape index (κ3) is 3.53. The van der Waals surface area contributed by atoms with Crippen molar-refractivity contribution >= 4 is 11.1 Å². The molecule has 0 atom stereocenters. The maximum atomic E-state index is 12.7. The molecule has 1 aromatic heterocycles. The average molecular weight is 365 g/mol. The Morgan fingerprint density at radius 3 is 2.19 bits per heavy atom. The first-order chi connectivity index (χ1) is 12.7. The molecule has 3 aromatic rings. The lowest BCUT2D eigenvalue weighted by Crippen LogP contribution is -2.50. The molecule has 1 heterocycles. The first-order valence-electron chi connectivity index (χ1n) is 9.67. The van der Waals surface area contributed by atoms with E-state index in [1.165, 1.54) is 10.2 Å². The van der Waals surface area contributed by atoms with Crippen LogP contribution in [0.5, 0.6) is 0 Å². The van der Waals surface area contributed by atoms with Gasteiger partial charge in [-0.25, -0.2) is 0 Å². The van der Waals surface area contributed by atoms with Crippen LogP contribution in [-0.4, -0.2) is 5.10 Å². The smallest absolute Gasteiger partial charge is 0.367 e. The van der Waals surface area contributed by atoms with E-state index in [-0.39, 0.29) is 10.8 Å². The molecule has 4 nitrogen and oxygen atoms in total. The molecule has 0 unspecified atom stereocenters. The second-order valence-electron chi connectivity index (χ2n) is 8.46. The van der Waals surface area contributed by atoms with Gasteiger partial charge in [0.25, 0.3) is 0 Å². The van der Waals surface area contributed by atoms with Crippen molar-refractivity contribution in [3.05, 3.63) is 64.1 Å². The highest BCUT2D eigenvalue weighted by molar-refractivity contribution is 5.77. The molecule has 0 amide bonds. The average Bonchev–Trinajstić information content (AvgIpc) is 2.67. The number of fused-ring (bicyclic) bond motifs is 1. The van der Waals surface area contributed by atoms with Gasteiger partial charge in [-0.1, -0.05) is 65.8 Å². The van der Waals surface area contributed by atoms with Crippen LogP contribution in [0.2, 0.25) is 0 Å². The van der Waals surface area contributed by atoms with Crippen molar-refractivity contribution in [2.75, 3.05) is 0 Å². The summed E-state index contributed by atoms with van der Waals surface area (Å²) in [5, 5.41) is 4.67. The summed E-state index contributed by atoms with van der Waals surface area (Å²) in [5.41, 5.74) is 4.17. The SMILES string of the molecule is CCC(C)(C)c1cc(C(C)(C)CC)c2oc(=O)[n+](-c3ccccc3)nc2c1. The molecule has 0 aliphatic heterocycles. The van der Waals surface area contributed by atoms with Gasteiger partial charge in [-0.05, 0) is 35.3 Å². The van der Waals surface area contributed by atoms with Crippen LogP contribution in [0.25, 0.3) is 16.8 Å². The maximum absolute atomic E-state index is 12.7. The highest BCUT2D eigenvalue weighted by atomic mass is 16.4. The van der Waals surface area contributed by atoms with Crippen LogP contribution in [-0.2, 0) is 10.8 Å². The molecule has 0 bridgehead atoms. The molecule has 0 spiro atoms. The molecule has 27 heavy (non-hydrogen) atoms. The Kier molecular flexibility index (Phi) is 4.94. The zero-order valence-corrected chi connectivity index (χ0v) is 17.2. The van der Waals surface area contributed by atoms with Crippen molar-refractivity contribution in [1.82, 2.24) is 5.10 Å². The summed E-state index contributed by atoms with van der Waals surface area (Å²) >= 11 is 0. The molecule has 142 valence electrons. The summed E-state index contributed by atoms with van der Waals surface area (Å²) in [6.07, 6.45) is 1.95. The van der Waals surface area contributed by atoms with Crippen LogP contribution < -0.4 is 10.4 Å². The van der Waals surface area contributed by atoms with Gasteiger partial charge >= 0.3 is 5.76 Å². The van der Waals surface area contributed by atoms with E-state index < -0.39 is 5.76 Å². The second-order valence-corrected chi connectivity index (χ2v) is 8.46. The number of hydrogen-bond acceptors (Lipinski definition) is 3. The fraction of sp³-hybridized carbons (Fsp3) is 0.435. The van der Waals surface area contributed by atoms with Gasteiger partial charge < -0.3 is 4.42 Å². The molecule has 0 saturated heterocycles. The standard InChI is InChI=1S/C23H29N2O2/c1-7-22(3,4)16-14-18(23(5,6)8-2)20-19(15-16)24-25(21(26)27-20)17-12-10-9-11-13-17/h9-15H,7-8H2,1-6H3/q+1. The van der Waals surface area contributed by atoms with Crippen molar-refractivity contribution in [2.24, 2.45) is 0 Å². The first-order valence-corrected chi connectivity index (χ1v) is 9.67. The highest BCUT2D eigenvalue weighted by Gasteiger charge is 2.30. The number of para-hydroxylation sites is 1. The van der Waals surface area contributed by atoms with Gasteiger partial charge in [-0.3, -0.25) is 0 Å². The Labute approximate surface area is 160 Å². The number of rotatable bonds is 5. The van der Waals surface area contributed by atoms with Gasteiger partial charge in [-0.2, -0.15) is 4.79 Å². The molecule has 0 aliphatic carbocycles. The van der Waals surface area contributed by atoms with E-state index in [1.54, 1.807) is 0 Å².